The van der Waals surface area contributed by atoms with Crippen molar-refractivity contribution in [3.63, 3.8) is 0 Å². The van der Waals surface area contributed by atoms with Crippen molar-refractivity contribution in [1.29, 1.82) is 0 Å². The summed E-state index contributed by atoms with van der Waals surface area (Å²) in [6.07, 6.45) is 5.45. The second-order valence-electron chi connectivity index (χ2n) is 8.38. The molecule has 0 aromatic heterocycles. The van der Waals surface area contributed by atoms with E-state index in [-0.39, 0.29) is 18.4 Å². The number of guanidine groups is 1. The summed E-state index contributed by atoms with van der Waals surface area (Å²) < 4.78 is 0. The molecule has 7 heteroatoms. The number of hydrogen-bond acceptors (Lipinski definition) is 3. The normalized spacial score (nSPS) is 24.9. The SMILES string of the molecule is CN=C(NCc1ccc(C(=O)N2CCNC(=O)C2)cc1)N1CC2CCCCC2C1. The topological polar surface area (TPSA) is 77.0 Å². The fraction of sp³-hybridized carbons (Fsp3) is 0.591. The lowest BCUT2D eigenvalue weighted by atomic mass is 9.82. The van der Waals surface area contributed by atoms with Gasteiger partial charge >= 0.3 is 0 Å². The number of piperazine rings is 1. The van der Waals surface area contributed by atoms with Crippen LogP contribution in [0.25, 0.3) is 0 Å². The van der Waals surface area contributed by atoms with E-state index in [1.165, 1.54) is 25.7 Å². The van der Waals surface area contributed by atoms with Gasteiger partial charge in [0, 0.05) is 45.3 Å². The Morgan fingerprint density at radius 2 is 1.83 bits per heavy atom. The third kappa shape index (κ3) is 4.54. The van der Waals surface area contributed by atoms with Crippen LogP contribution in [-0.2, 0) is 11.3 Å². The molecule has 2 saturated heterocycles. The van der Waals surface area contributed by atoms with Crippen LogP contribution in [0.3, 0.4) is 0 Å². The quantitative estimate of drug-likeness (QED) is 0.598. The van der Waals surface area contributed by atoms with Gasteiger partial charge in [-0.3, -0.25) is 14.6 Å². The molecule has 0 spiro atoms. The molecule has 1 aromatic rings. The van der Waals surface area contributed by atoms with Crippen molar-refractivity contribution >= 4 is 17.8 Å². The molecular formula is C22H31N5O2. The summed E-state index contributed by atoms with van der Waals surface area (Å²) in [6.45, 7) is 4.11. The van der Waals surface area contributed by atoms with E-state index in [4.69, 9.17) is 0 Å². The van der Waals surface area contributed by atoms with E-state index in [9.17, 15) is 9.59 Å². The largest absolute Gasteiger partial charge is 0.353 e. The molecule has 156 valence electrons. The third-order valence-corrected chi connectivity index (χ3v) is 6.46. The predicted molar refractivity (Wildman–Crippen MR) is 113 cm³/mol. The zero-order valence-electron chi connectivity index (χ0n) is 17.2. The van der Waals surface area contributed by atoms with Gasteiger partial charge in [-0.1, -0.05) is 25.0 Å². The van der Waals surface area contributed by atoms with E-state index < -0.39 is 0 Å². The lowest BCUT2D eigenvalue weighted by Gasteiger charge is -2.26. The number of nitrogens with zero attached hydrogens (tertiary/aromatic N) is 3. The minimum absolute atomic E-state index is 0.0881. The standard InChI is InChI=1S/C22H31N5O2/c1-23-22(27-13-18-4-2-3-5-19(18)14-27)25-12-16-6-8-17(9-7-16)21(29)26-11-10-24-20(28)15-26/h6-9,18-19H,2-5,10-15H2,1H3,(H,23,25)(H,24,28). The van der Waals surface area contributed by atoms with Gasteiger partial charge in [0.2, 0.25) is 5.91 Å². The Morgan fingerprint density at radius 1 is 1.14 bits per heavy atom. The maximum atomic E-state index is 12.6. The Balaban J connectivity index is 1.31. The lowest BCUT2D eigenvalue weighted by Crippen LogP contribution is -2.49. The maximum absolute atomic E-state index is 12.6. The highest BCUT2D eigenvalue weighted by atomic mass is 16.2. The summed E-state index contributed by atoms with van der Waals surface area (Å²) in [5, 5.41) is 6.23. The lowest BCUT2D eigenvalue weighted by molar-refractivity contribution is -0.123. The second-order valence-corrected chi connectivity index (χ2v) is 8.38. The Morgan fingerprint density at radius 3 is 2.45 bits per heavy atom. The first-order valence-corrected chi connectivity index (χ1v) is 10.7. The number of hydrogen-bond donors (Lipinski definition) is 2. The Hall–Kier alpha value is -2.57. The van der Waals surface area contributed by atoms with Gasteiger partial charge in [-0.15, -0.1) is 0 Å². The van der Waals surface area contributed by atoms with Crippen molar-refractivity contribution in [2.75, 3.05) is 39.8 Å². The minimum atomic E-state index is -0.0986. The highest BCUT2D eigenvalue weighted by molar-refractivity contribution is 5.97. The molecule has 3 fully saturated rings. The summed E-state index contributed by atoms with van der Waals surface area (Å²) in [6, 6.07) is 7.64. The molecule has 3 aliphatic rings. The van der Waals surface area contributed by atoms with Crippen molar-refractivity contribution < 1.29 is 9.59 Å². The maximum Gasteiger partial charge on any atom is 0.254 e. The molecule has 2 heterocycles. The summed E-state index contributed by atoms with van der Waals surface area (Å²) in [5.74, 6) is 2.43. The van der Waals surface area contributed by atoms with Crippen molar-refractivity contribution in [2.24, 2.45) is 16.8 Å². The monoisotopic (exact) mass is 397 g/mol. The zero-order chi connectivity index (χ0) is 20.2. The summed E-state index contributed by atoms with van der Waals surface area (Å²) in [5.41, 5.74) is 1.73. The van der Waals surface area contributed by atoms with Crippen LogP contribution in [0.15, 0.2) is 29.3 Å². The van der Waals surface area contributed by atoms with E-state index >= 15 is 0 Å². The van der Waals surface area contributed by atoms with Crippen molar-refractivity contribution in [1.82, 2.24) is 20.4 Å². The molecule has 1 saturated carbocycles. The van der Waals surface area contributed by atoms with E-state index in [0.717, 1.165) is 36.4 Å². The van der Waals surface area contributed by atoms with Gasteiger partial charge < -0.3 is 20.4 Å². The fourth-order valence-corrected chi connectivity index (χ4v) is 4.85. The van der Waals surface area contributed by atoms with Crippen LogP contribution in [0.4, 0.5) is 0 Å². The van der Waals surface area contributed by atoms with Gasteiger partial charge in [0.25, 0.3) is 5.91 Å². The summed E-state index contributed by atoms with van der Waals surface area (Å²) in [7, 11) is 1.85. The average molecular weight is 398 g/mol. The molecule has 2 atom stereocenters. The highest BCUT2D eigenvalue weighted by Gasteiger charge is 2.35. The number of likely N-dealkylation sites (tertiary alicyclic amines) is 1. The van der Waals surface area contributed by atoms with Crippen LogP contribution in [-0.4, -0.2) is 67.3 Å². The minimum Gasteiger partial charge on any atom is -0.353 e. The number of carbonyl (C=O) groups is 2. The molecule has 2 amide bonds. The van der Waals surface area contributed by atoms with Gasteiger partial charge in [-0.2, -0.15) is 0 Å². The van der Waals surface area contributed by atoms with Crippen LogP contribution < -0.4 is 10.6 Å². The Labute approximate surface area is 172 Å². The molecule has 1 aliphatic carbocycles. The Kier molecular flexibility index (Phi) is 6.02. The van der Waals surface area contributed by atoms with Crippen LogP contribution in [0.5, 0.6) is 0 Å². The number of rotatable bonds is 3. The number of nitrogens with one attached hydrogen (secondary N) is 2. The predicted octanol–water partition coefficient (Wildman–Crippen LogP) is 1.46. The average Bonchev–Trinajstić information content (AvgIpc) is 3.18. The molecule has 0 radical (unpaired) electrons. The van der Waals surface area contributed by atoms with Gasteiger partial charge in [-0.25, -0.2) is 0 Å². The van der Waals surface area contributed by atoms with Gasteiger partial charge in [0.1, 0.15) is 0 Å². The van der Waals surface area contributed by atoms with E-state index in [0.29, 0.717) is 25.2 Å². The van der Waals surface area contributed by atoms with E-state index in [1.807, 2.05) is 31.3 Å². The molecule has 2 N–H and O–H groups in total. The number of aliphatic imine (C=N–C) groups is 1. The molecule has 2 aliphatic heterocycles. The van der Waals surface area contributed by atoms with Gasteiger partial charge in [-0.05, 0) is 42.4 Å². The van der Waals surface area contributed by atoms with Crippen LogP contribution in [0, 0.1) is 11.8 Å². The van der Waals surface area contributed by atoms with E-state index in [1.54, 1.807) is 4.90 Å². The zero-order valence-corrected chi connectivity index (χ0v) is 17.2. The molecule has 2 unspecified atom stereocenters. The number of fused-ring (bicyclic) bond motifs is 1. The third-order valence-electron chi connectivity index (χ3n) is 6.46. The Bertz CT molecular complexity index is 762. The highest BCUT2D eigenvalue weighted by Crippen LogP contribution is 2.35. The fourth-order valence-electron chi connectivity index (χ4n) is 4.85. The molecule has 29 heavy (non-hydrogen) atoms. The van der Waals surface area contributed by atoms with Crippen molar-refractivity contribution in [3.8, 4) is 0 Å². The number of amides is 2. The molecule has 0 bridgehead atoms. The van der Waals surface area contributed by atoms with Gasteiger partial charge in [0.05, 0.1) is 6.54 Å². The smallest absolute Gasteiger partial charge is 0.254 e. The van der Waals surface area contributed by atoms with Crippen LogP contribution >= 0.6 is 0 Å². The first kappa shape index (κ1) is 19.7. The molecule has 4 rings (SSSR count). The van der Waals surface area contributed by atoms with Crippen LogP contribution in [0.2, 0.25) is 0 Å². The first-order valence-electron chi connectivity index (χ1n) is 10.7. The second kappa shape index (κ2) is 8.84. The van der Waals surface area contributed by atoms with Crippen molar-refractivity contribution in [3.05, 3.63) is 35.4 Å². The number of benzene rings is 1. The van der Waals surface area contributed by atoms with Crippen molar-refractivity contribution in [2.45, 2.75) is 32.2 Å². The summed E-state index contributed by atoms with van der Waals surface area (Å²) >= 11 is 0. The number of carbonyl (C=O) groups excluding carboxylic acids is 2. The van der Waals surface area contributed by atoms with Gasteiger partial charge in [0.15, 0.2) is 5.96 Å². The van der Waals surface area contributed by atoms with E-state index in [2.05, 4.69) is 20.5 Å². The molecular weight excluding hydrogens is 366 g/mol. The molecule has 1 aromatic carbocycles. The first-order chi connectivity index (χ1) is 14.1. The summed E-state index contributed by atoms with van der Waals surface area (Å²) in [4.78, 5) is 32.6. The molecule has 7 nitrogen and oxygen atoms in total. The van der Waals surface area contributed by atoms with Crippen LogP contribution in [0.1, 0.15) is 41.6 Å².